The number of hydrogen-bond acceptors (Lipinski definition) is 5. The average Bonchev–Trinajstić information content (AvgIpc) is 3.36. The molecular formula is C65H128N2O6P+. The molecule has 3 unspecified atom stereocenters. The smallest absolute Gasteiger partial charge is 0.387 e. The van der Waals surface area contributed by atoms with Crippen molar-refractivity contribution in [1.29, 1.82) is 0 Å². The summed E-state index contributed by atoms with van der Waals surface area (Å²) in [5.74, 6) is -0.171. The van der Waals surface area contributed by atoms with Crippen molar-refractivity contribution in [3.8, 4) is 0 Å². The zero-order valence-corrected chi connectivity index (χ0v) is 51.0. The largest absolute Gasteiger partial charge is 0.472 e. The van der Waals surface area contributed by atoms with E-state index in [9.17, 15) is 19.4 Å². The van der Waals surface area contributed by atoms with Gasteiger partial charge in [0.25, 0.3) is 0 Å². The predicted octanol–water partition coefficient (Wildman–Crippen LogP) is 20.1. The second-order valence-corrected chi connectivity index (χ2v) is 24.9. The Morgan fingerprint density at radius 1 is 0.459 bits per heavy atom. The number of aliphatic hydroxyl groups is 1. The Morgan fingerprint density at radius 2 is 0.770 bits per heavy atom. The van der Waals surface area contributed by atoms with Crippen molar-refractivity contribution < 1.29 is 32.9 Å². The van der Waals surface area contributed by atoms with Gasteiger partial charge in [0, 0.05) is 6.42 Å². The van der Waals surface area contributed by atoms with Crippen LogP contribution in [0.5, 0.6) is 0 Å². The molecule has 1 amide bonds. The first-order chi connectivity index (χ1) is 36.0. The van der Waals surface area contributed by atoms with E-state index in [1.807, 2.05) is 27.2 Å². The highest BCUT2D eigenvalue weighted by atomic mass is 31.2. The first kappa shape index (κ1) is 72.7. The molecule has 0 rings (SSSR count). The molecule has 0 aliphatic heterocycles. The van der Waals surface area contributed by atoms with Crippen LogP contribution in [0.1, 0.15) is 322 Å². The van der Waals surface area contributed by atoms with Crippen molar-refractivity contribution in [2.45, 2.75) is 334 Å². The molecule has 0 aromatic carbocycles. The van der Waals surface area contributed by atoms with Crippen LogP contribution in [0.3, 0.4) is 0 Å². The number of likely N-dealkylation sites (N-methyl/N-ethyl adjacent to an activating group) is 1. The number of aliphatic hydroxyl groups excluding tert-OH is 1. The topological polar surface area (TPSA) is 105 Å². The van der Waals surface area contributed by atoms with Crippen LogP contribution < -0.4 is 5.32 Å². The monoisotopic (exact) mass is 1060 g/mol. The van der Waals surface area contributed by atoms with E-state index in [4.69, 9.17) is 9.05 Å². The van der Waals surface area contributed by atoms with Gasteiger partial charge in [-0.1, -0.05) is 301 Å². The Kier molecular flexibility index (Phi) is 55.5. The molecule has 0 aliphatic carbocycles. The number of phosphoric acid groups is 1. The van der Waals surface area contributed by atoms with Gasteiger partial charge in [0.1, 0.15) is 13.2 Å². The Labute approximate surface area is 461 Å². The van der Waals surface area contributed by atoms with Gasteiger partial charge in [0.2, 0.25) is 5.91 Å². The lowest BCUT2D eigenvalue weighted by Crippen LogP contribution is -2.45. The number of hydrogen-bond donors (Lipinski definition) is 3. The first-order valence-electron chi connectivity index (χ1n) is 32.4. The van der Waals surface area contributed by atoms with Gasteiger partial charge in [0.05, 0.1) is 39.9 Å². The number of carbonyl (C=O) groups excluding carboxylic acids is 1. The minimum atomic E-state index is -4.35. The van der Waals surface area contributed by atoms with Crippen LogP contribution in [-0.2, 0) is 18.4 Å². The van der Waals surface area contributed by atoms with E-state index in [-0.39, 0.29) is 19.1 Å². The number of nitrogens with zero attached hydrogens (tertiary/aromatic N) is 1. The van der Waals surface area contributed by atoms with Gasteiger partial charge in [-0.3, -0.25) is 13.8 Å². The van der Waals surface area contributed by atoms with Crippen LogP contribution >= 0.6 is 7.82 Å². The van der Waals surface area contributed by atoms with Crippen molar-refractivity contribution in [3.63, 3.8) is 0 Å². The number of quaternary nitrogens is 1. The molecule has 0 saturated carbocycles. The number of rotatable bonds is 60. The molecule has 0 aliphatic rings. The van der Waals surface area contributed by atoms with Crippen LogP contribution in [-0.4, -0.2) is 73.4 Å². The summed E-state index contributed by atoms with van der Waals surface area (Å²) in [5, 5.41) is 14.0. The molecule has 0 spiro atoms. The van der Waals surface area contributed by atoms with Crippen LogP contribution in [0.4, 0.5) is 0 Å². The van der Waals surface area contributed by atoms with Gasteiger partial charge >= 0.3 is 7.82 Å². The number of allylic oxidation sites excluding steroid dienone is 5. The number of phosphoric ester groups is 1. The Morgan fingerprint density at radius 3 is 1.11 bits per heavy atom. The lowest BCUT2D eigenvalue weighted by molar-refractivity contribution is -0.870. The maximum absolute atomic E-state index is 13.0. The van der Waals surface area contributed by atoms with E-state index in [1.165, 1.54) is 263 Å². The Bertz CT molecular complexity index is 1300. The van der Waals surface area contributed by atoms with E-state index in [2.05, 4.69) is 43.5 Å². The van der Waals surface area contributed by atoms with E-state index in [0.717, 1.165) is 38.5 Å². The molecule has 3 N–H and O–H groups in total. The van der Waals surface area contributed by atoms with Crippen LogP contribution in [0.15, 0.2) is 36.5 Å². The van der Waals surface area contributed by atoms with Gasteiger partial charge in [-0.05, 0) is 51.4 Å². The minimum Gasteiger partial charge on any atom is -0.387 e. The molecule has 0 aromatic rings. The van der Waals surface area contributed by atoms with Gasteiger partial charge in [0.15, 0.2) is 0 Å². The summed E-state index contributed by atoms with van der Waals surface area (Å²) in [6.07, 6.45) is 74.1. The summed E-state index contributed by atoms with van der Waals surface area (Å²) in [7, 11) is 1.59. The van der Waals surface area contributed by atoms with Crippen LogP contribution in [0.2, 0.25) is 0 Å². The van der Waals surface area contributed by atoms with E-state index in [0.29, 0.717) is 17.4 Å². The van der Waals surface area contributed by atoms with E-state index in [1.54, 1.807) is 6.08 Å². The molecule has 0 radical (unpaired) electrons. The SMILES string of the molecule is CCCCCCC/C=C\C/C=C\CCCCCCCCCCCCCCCCCCCCCC(=O)NC(COP(=O)(O)OCC[N+](C)(C)C)C(O)/C=C/CCCCCCCCCCCCCCCCCCCCC. The Balaban J connectivity index is 4.07. The first-order valence-corrected chi connectivity index (χ1v) is 33.9. The lowest BCUT2D eigenvalue weighted by Gasteiger charge is -2.25. The highest BCUT2D eigenvalue weighted by molar-refractivity contribution is 7.47. The maximum atomic E-state index is 13.0. The fourth-order valence-corrected chi connectivity index (χ4v) is 10.5. The molecule has 0 bridgehead atoms. The summed E-state index contributed by atoms with van der Waals surface area (Å²) in [4.78, 5) is 23.4. The summed E-state index contributed by atoms with van der Waals surface area (Å²) in [5.41, 5.74) is 0. The summed E-state index contributed by atoms with van der Waals surface area (Å²) in [6, 6.07) is -0.846. The molecule has 9 heteroatoms. The normalized spacial score (nSPS) is 14.0. The molecule has 74 heavy (non-hydrogen) atoms. The quantitative estimate of drug-likeness (QED) is 0.0243. The third kappa shape index (κ3) is 58.4. The molecule has 8 nitrogen and oxygen atoms in total. The van der Waals surface area contributed by atoms with Gasteiger partial charge in [-0.25, -0.2) is 4.57 Å². The van der Waals surface area contributed by atoms with Crippen molar-refractivity contribution in [2.75, 3.05) is 40.9 Å². The zero-order valence-electron chi connectivity index (χ0n) is 50.1. The molecule has 438 valence electrons. The third-order valence-electron chi connectivity index (χ3n) is 14.9. The minimum absolute atomic E-state index is 0.0634. The predicted molar refractivity (Wildman–Crippen MR) is 323 cm³/mol. The summed E-state index contributed by atoms with van der Waals surface area (Å²) >= 11 is 0. The number of carbonyl (C=O) groups is 1. The Hall–Kier alpha value is -1.28. The highest BCUT2D eigenvalue weighted by Gasteiger charge is 2.28. The van der Waals surface area contributed by atoms with Crippen molar-refractivity contribution >= 4 is 13.7 Å². The number of amides is 1. The van der Waals surface area contributed by atoms with E-state index >= 15 is 0 Å². The van der Waals surface area contributed by atoms with Crippen molar-refractivity contribution in [3.05, 3.63) is 36.5 Å². The second kappa shape index (κ2) is 56.4. The van der Waals surface area contributed by atoms with E-state index < -0.39 is 20.0 Å². The van der Waals surface area contributed by atoms with Gasteiger partial charge in [-0.2, -0.15) is 0 Å². The van der Waals surface area contributed by atoms with Crippen molar-refractivity contribution in [2.24, 2.45) is 0 Å². The standard InChI is InChI=1S/C65H127N2O6P/c1-6-8-10-12-14-16-18-20-22-24-26-28-29-30-31-32-33-34-35-36-37-39-41-43-45-47-49-51-53-55-57-59-65(69)66-63(62-73-74(70,71)72-61-60-67(3,4)5)64(68)58-56-54-52-50-48-46-44-42-40-38-27-25-23-21-19-17-15-13-11-9-7-2/h18,20,24,26,56,58,63-64,68H,6-17,19,21-23,25,27-55,57,59-62H2,1-5H3,(H-,66,69,70,71)/p+1/b20-18-,26-24-,58-56+. The molecule has 0 saturated heterocycles. The summed E-state index contributed by atoms with van der Waals surface area (Å²) < 4.78 is 23.8. The van der Waals surface area contributed by atoms with Crippen molar-refractivity contribution in [1.82, 2.24) is 5.32 Å². The molecule has 0 heterocycles. The zero-order chi connectivity index (χ0) is 54.2. The van der Waals surface area contributed by atoms with Gasteiger partial charge in [-0.15, -0.1) is 0 Å². The van der Waals surface area contributed by atoms with Crippen LogP contribution in [0.25, 0.3) is 0 Å². The molecule has 3 atom stereocenters. The molecule has 0 aromatic heterocycles. The second-order valence-electron chi connectivity index (χ2n) is 23.5. The maximum Gasteiger partial charge on any atom is 0.472 e. The average molecular weight is 1060 g/mol. The fourth-order valence-electron chi connectivity index (χ4n) is 9.78. The molecule has 0 fully saturated rings. The fraction of sp³-hybridized carbons (Fsp3) is 0.892. The number of nitrogens with one attached hydrogen (secondary N) is 1. The molecular weight excluding hydrogens is 936 g/mol. The lowest BCUT2D eigenvalue weighted by atomic mass is 10.0. The number of unbranched alkanes of at least 4 members (excludes halogenated alkanes) is 43. The van der Waals surface area contributed by atoms with Crippen LogP contribution in [0, 0.1) is 0 Å². The third-order valence-corrected chi connectivity index (χ3v) is 15.8. The highest BCUT2D eigenvalue weighted by Crippen LogP contribution is 2.43. The summed E-state index contributed by atoms with van der Waals surface area (Å²) in [6.45, 7) is 4.85. The van der Waals surface area contributed by atoms with Gasteiger partial charge < -0.3 is 19.8 Å².